The third-order valence-corrected chi connectivity index (χ3v) is 4.96. The van der Waals surface area contributed by atoms with Gasteiger partial charge in [-0.15, -0.1) is 0 Å². The Morgan fingerprint density at radius 1 is 0.607 bits per heavy atom. The molecule has 0 aliphatic rings. The minimum absolute atomic E-state index is 0.809. The molecule has 0 amide bonds. The van der Waals surface area contributed by atoms with Gasteiger partial charge in [-0.3, -0.25) is 0 Å². The van der Waals surface area contributed by atoms with Gasteiger partial charge in [0, 0.05) is 17.4 Å². The Kier molecular flexibility index (Phi) is 8.50. The summed E-state index contributed by atoms with van der Waals surface area (Å²) >= 11 is 0. The van der Waals surface area contributed by atoms with E-state index in [1.54, 1.807) is 0 Å². The molecule has 3 aromatic carbocycles. The summed E-state index contributed by atoms with van der Waals surface area (Å²) in [6.07, 6.45) is 9.82. The zero-order valence-corrected chi connectivity index (χ0v) is 16.7. The lowest BCUT2D eigenvalue weighted by Gasteiger charge is -2.09. The van der Waals surface area contributed by atoms with Gasteiger partial charge in [0.1, 0.15) is 5.75 Å². The van der Waals surface area contributed by atoms with Gasteiger partial charge in [0.25, 0.3) is 0 Å². The highest BCUT2D eigenvalue weighted by Crippen LogP contribution is 2.25. The number of hydrogen-bond acceptors (Lipinski definition) is 1. The van der Waals surface area contributed by atoms with Crippen LogP contribution in [-0.4, -0.2) is 6.61 Å². The van der Waals surface area contributed by atoms with Crippen molar-refractivity contribution >= 4 is 10.8 Å². The first-order valence-electron chi connectivity index (χ1n) is 10.6. The molecule has 0 spiro atoms. The monoisotopic (exact) mass is 370 g/mol. The average Bonchev–Trinajstić information content (AvgIpc) is 2.75. The average molecular weight is 371 g/mol. The van der Waals surface area contributed by atoms with Gasteiger partial charge < -0.3 is 4.74 Å². The van der Waals surface area contributed by atoms with Crippen LogP contribution in [0.5, 0.6) is 5.75 Å². The molecule has 0 aromatic heterocycles. The van der Waals surface area contributed by atoms with Gasteiger partial charge in [-0.25, -0.2) is 0 Å². The van der Waals surface area contributed by atoms with Crippen LogP contribution >= 0.6 is 0 Å². The lowest BCUT2D eigenvalue weighted by molar-refractivity contribution is 0.307. The number of hydrogen-bond donors (Lipinski definition) is 0. The van der Waals surface area contributed by atoms with Crippen molar-refractivity contribution in [1.29, 1.82) is 0 Å². The standard InChI is InChI=1S/C27H30O/c1(2-4-6-9-16-24-17-10-8-11-18-24)3-5-7-14-23-28-27-22-15-20-25-19-12-13-21-26(25)27/h8,10-13,15,17-22H,1-7,14,23H2. The molecule has 0 radical (unpaired) electrons. The van der Waals surface area contributed by atoms with Crippen LogP contribution in [0.15, 0.2) is 72.8 Å². The van der Waals surface area contributed by atoms with Gasteiger partial charge in [0.15, 0.2) is 0 Å². The molecule has 0 saturated heterocycles. The first-order valence-corrected chi connectivity index (χ1v) is 10.6. The molecule has 0 fully saturated rings. The van der Waals surface area contributed by atoms with E-state index in [1.165, 1.54) is 49.3 Å². The molecule has 0 N–H and O–H groups in total. The Morgan fingerprint density at radius 2 is 1.29 bits per heavy atom. The van der Waals surface area contributed by atoms with Gasteiger partial charge in [0.2, 0.25) is 0 Å². The molecule has 0 bridgehead atoms. The highest BCUT2D eigenvalue weighted by molar-refractivity contribution is 5.88. The van der Waals surface area contributed by atoms with Gasteiger partial charge in [-0.1, -0.05) is 98.5 Å². The molecule has 0 aliphatic heterocycles. The van der Waals surface area contributed by atoms with Crippen molar-refractivity contribution in [2.24, 2.45) is 0 Å². The second-order valence-corrected chi connectivity index (χ2v) is 7.22. The van der Waals surface area contributed by atoms with E-state index in [0.717, 1.165) is 30.8 Å². The molecule has 0 atom stereocenters. The van der Waals surface area contributed by atoms with Crippen molar-refractivity contribution in [3.8, 4) is 17.6 Å². The zero-order valence-electron chi connectivity index (χ0n) is 16.7. The number of ether oxygens (including phenoxy) is 1. The van der Waals surface area contributed by atoms with E-state index in [1.807, 2.05) is 18.2 Å². The normalized spacial score (nSPS) is 10.4. The van der Waals surface area contributed by atoms with Crippen molar-refractivity contribution in [2.75, 3.05) is 6.61 Å². The largest absolute Gasteiger partial charge is 0.493 e. The van der Waals surface area contributed by atoms with E-state index in [-0.39, 0.29) is 0 Å². The van der Waals surface area contributed by atoms with Crippen LogP contribution in [0.3, 0.4) is 0 Å². The summed E-state index contributed by atoms with van der Waals surface area (Å²) in [7, 11) is 0. The van der Waals surface area contributed by atoms with E-state index < -0.39 is 0 Å². The third kappa shape index (κ3) is 6.78. The van der Waals surface area contributed by atoms with Crippen LogP contribution in [0, 0.1) is 11.8 Å². The van der Waals surface area contributed by atoms with Gasteiger partial charge in [-0.2, -0.15) is 0 Å². The molecule has 1 heteroatoms. The minimum atomic E-state index is 0.809. The van der Waals surface area contributed by atoms with E-state index in [4.69, 9.17) is 4.74 Å². The third-order valence-electron chi connectivity index (χ3n) is 4.96. The molecule has 1 nitrogen and oxygen atoms in total. The Morgan fingerprint density at radius 3 is 2.14 bits per heavy atom. The molecule has 28 heavy (non-hydrogen) atoms. The van der Waals surface area contributed by atoms with Crippen molar-refractivity contribution in [1.82, 2.24) is 0 Å². The van der Waals surface area contributed by atoms with Crippen LogP contribution in [0.4, 0.5) is 0 Å². The number of unbranched alkanes of at least 4 members (excludes halogenated alkanes) is 7. The molecule has 0 heterocycles. The molecule has 0 aliphatic carbocycles. The summed E-state index contributed by atoms with van der Waals surface area (Å²) in [6, 6.07) is 24.9. The van der Waals surface area contributed by atoms with E-state index in [9.17, 15) is 0 Å². The van der Waals surface area contributed by atoms with Crippen molar-refractivity contribution in [3.05, 3.63) is 78.4 Å². The van der Waals surface area contributed by atoms with Crippen LogP contribution < -0.4 is 4.74 Å². The second-order valence-electron chi connectivity index (χ2n) is 7.22. The van der Waals surface area contributed by atoms with E-state index >= 15 is 0 Å². The predicted molar refractivity (Wildman–Crippen MR) is 120 cm³/mol. The van der Waals surface area contributed by atoms with Gasteiger partial charge in [-0.05, 0) is 36.4 Å². The fraction of sp³-hybridized carbons (Fsp3) is 0.333. The van der Waals surface area contributed by atoms with Crippen LogP contribution in [-0.2, 0) is 0 Å². The Balaban J connectivity index is 1.20. The lowest BCUT2D eigenvalue weighted by Crippen LogP contribution is -1.97. The highest BCUT2D eigenvalue weighted by Gasteiger charge is 2.00. The summed E-state index contributed by atoms with van der Waals surface area (Å²) in [6.45, 7) is 0.809. The van der Waals surface area contributed by atoms with E-state index in [0.29, 0.717) is 0 Å². The van der Waals surface area contributed by atoms with E-state index in [2.05, 4.69) is 66.4 Å². The molecular formula is C27H30O. The summed E-state index contributed by atoms with van der Waals surface area (Å²) in [5, 5.41) is 2.45. The summed E-state index contributed by atoms with van der Waals surface area (Å²) in [5.41, 5.74) is 1.12. The minimum Gasteiger partial charge on any atom is -0.493 e. The number of rotatable bonds is 10. The van der Waals surface area contributed by atoms with Crippen LogP contribution in [0.25, 0.3) is 10.8 Å². The maximum atomic E-state index is 6.01. The Hall–Kier alpha value is -2.72. The first kappa shape index (κ1) is 20.0. The fourth-order valence-corrected chi connectivity index (χ4v) is 3.39. The summed E-state index contributed by atoms with van der Waals surface area (Å²) in [4.78, 5) is 0. The molecular weight excluding hydrogens is 340 g/mol. The highest BCUT2D eigenvalue weighted by atomic mass is 16.5. The summed E-state index contributed by atoms with van der Waals surface area (Å²) < 4.78 is 6.01. The van der Waals surface area contributed by atoms with Gasteiger partial charge in [0.05, 0.1) is 6.61 Å². The molecule has 144 valence electrons. The lowest BCUT2D eigenvalue weighted by atomic mass is 10.1. The maximum Gasteiger partial charge on any atom is 0.127 e. The molecule has 3 aromatic rings. The smallest absolute Gasteiger partial charge is 0.127 e. The first-order chi connectivity index (χ1) is 13.9. The quantitative estimate of drug-likeness (QED) is 0.267. The molecule has 3 rings (SSSR count). The number of benzene rings is 3. The Bertz CT molecular complexity index is 881. The van der Waals surface area contributed by atoms with Crippen molar-refractivity contribution < 1.29 is 4.74 Å². The SMILES string of the molecule is C(#Cc1ccccc1)CCCCCCCCCOc1cccc2ccccc12. The predicted octanol–water partition coefficient (Wildman–Crippen LogP) is 7.39. The van der Waals surface area contributed by atoms with Crippen LogP contribution in [0.1, 0.15) is 56.9 Å². The zero-order chi connectivity index (χ0) is 19.3. The summed E-state index contributed by atoms with van der Waals surface area (Å²) in [5.74, 6) is 7.52. The topological polar surface area (TPSA) is 9.23 Å². The van der Waals surface area contributed by atoms with Crippen LogP contribution in [0.2, 0.25) is 0 Å². The fourth-order valence-electron chi connectivity index (χ4n) is 3.39. The Labute approximate surface area is 169 Å². The molecule has 0 saturated carbocycles. The van der Waals surface area contributed by atoms with Crippen molar-refractivity contribution in [3.63, 3.8) is 0 Å². The van der Waals surface area contributed by atoms with Gasteiger partial charge >= 0.3 is 0 Å². The maximum absolute atomic E-state index is 6.01. The molecule has 0 unspecified atom stereocenters. The number of fused-ring (bicyclic) bond motifs is 1. The second kappa shape index (κ2) is 11.9. The van der Waals surface area contributed by atoms with Crippen molar-refractivity contribution in [2.45, 2.75) is 51.4 Å².